The number of aromatic amines is 1. The van der Waals surface area contributed by atoms with Crippen LogP contribution in [-0.4, -0.2) is 28.0 Å². The zero-order chi connectivity index (χ0) is 14.1. The van der Waals surface area contributed by atoms with Gasteiger partial charge in [0.1, 0.15) is 5.65 Å². The SMILES string of the molecule is CC1CCN(Cc2c(C(C)C)[nH]c3ncccc23)CC1. The molecule has 1 aliphatic heterocycles. The Morgan fingerprint density at radius 1 is 1.35 bits per heavy atom. The molecule has 2 aromatic rings. The van der Waals surface area contributed by atoms with Crippen molar-refractivity contribution in [1.29, 1.82) is 0 Å². The van der Waals surface area contributed by atoms with Crippen LogP contribution in [-0.2, 0) is 6.54 Å². The van der Waals surface area contributed by atoms with E-state index in [2.05, 4.69) is 41.7 Å². The Labute approximate surface area is 121 Å². The lowest BCUT2D eigenvalue weighted by atomic mass is 9.97. The van der Waals surface area contributed by atoms with Crippen LogP contribution in [0.5, 0.6) is 0 Å². The third kappa shape index (κ3) is 2.59. The van der Waals surface area contributed by atoms with Crippen molar-refractivity contribution in [2.45, 2.75) is 46.1 Å². The lowest BCUT2D eigenvalue weighted by Gasteiger charge is -2.30. The van der Waals surface area contributed by atoms with Crippen molar-refractivity contribution in [3.05, 3.63) is 29.6 Å². The maximum absolute atomic E-state index is 4.48. The normalized spacial score (nSPS) is 18.2. The highest BCUT2D eigenvalue weighted by Crippen LogP contribution is 2.29. The molecule has 3 heteroatoms. The Morgan fingerprint density at radius 2 is 2.10 bits per heavy atom. The highest BCUT2D eigenvalue weighted by molar-refractivity contribution is 5.81. The first-order chi connectivity index (χ1) is 9.65. The van der Waals surface area contributed by atoms with Crippen molar-refractivity contribution in [2.24, 2.45) is 5.92 Å². The van der Waals surface area contributed by atoms with Gasteiger partial charge in [-0.1, -0.05) is 20.8 Å². The van der Waals surface area contributed by atoms with Crippen molar-refractivity contribution in [2.75, 3.05) is 13.1 Å². The van der Waals surface area contributed by atoms with E-state index in [0.29, 0.717) is 5.92 Å². The van der Waals surface area contributed by atoms with E-state index < -0.39 is 0 Å². The lowest BCUT2D eigenvalue weighted by Crippen LogP contribution is -2.32. The van der Waals surface area contributed by atoms with Crippen molar-refractivity contribution in [3.8, 4) is 0 Å². The van der Waals surface area contributed by atoms with Crippen LogP contribution in [0.1, 0.15) is 50.8 Å². The van der Waals surface area contributed by atoms with E-state index in [1.807, 2.05) is 12.3 Å². The summed E-state index contributed by atoms with van der Waals surface area (Å²) >= 11 is 0. The van der Waals surface area contributed by atoms with Gasteiger partial charge in [0.2, 0.25) is 0 Å². The number of likely N-dealkylation sites (tertiary alicyclic amines) is 1. The fourth-order valence-electron chi connectivity index (χ4n) is 3.20. The number of nitrogens with zero attached hydrogens (tertiary/aromatic N) is 2. The zero-order valence-corrected chi connectivity index (χ0v) is 12.8. The Balaban J connectivity index is 1.91. The van der Waals surface area contributed by atoms with Crippen LogP contribution < -0.4 is 0 Å². The van der Waals surface area contributed by atoms with Crippen LogP contribution in [0.4, 0.5) is 0 Å². The molecule has 2 aromatic heterocycles. The molecule has 0 bridgehead atoms. The Kier molecular flexibility index (Phi) is 3.79. The zero-order valence-electron chi connectivity index (χ0n) is 12.8. The lowest BCUT2D eigenvalue weighted by molar-refractivity contribution is 0.185. The third-order valence-corrected chi connectivity index (χ3v) is 4.55. The molecule has 1 fully saturated rings. The first-order valence-electron chi connectivity index (χ1n) is 7.83. The fourth-order valence-corrected chi connectivity index (χ4v) is 3.20. The molecule has 1 saturated heterocycles. The average molecular weight is 271 g/mol. The Hall–Kier alpha value is -1.35. The summed E-state index contributed by atoms with van der Waals surface area (Å²) < 4.78 is 0. The van der Waals surface area contributed by atoms with Crippen molar-refractivity contribution >= 4 is 11.0 Å². The first kappa shape index (κ1) is 13.6. The molecule has 3 heterocycles. The fraction of sp³-hybridized carbons (Fsp3) is 0.588. The van der Waals surface area contributed by atoms with Gasteiger partial charge in [-0.2, -0.15) is 0 Å². The van der Waals surface area contributed by atoms with Crippen molar-refractivity contribution in [1.82, 2.24) is 14.9 Å². The number of H-pyrrole nitrogens is 1. The van der Waals surface area contributed by atoms with Crippen LogP contribution >= 0.6 is 0 Å². The first-order valence-corrected chi connectivity index (χ1v) is 7.83. The molecule has 108 valence electrons. The molecule has 3 nitrogen and oxygen atoms in total. The number of piperidine rings is 1. The molecule has 1 aliphatic rings. The minimum atomic E-state index is 0.517. The molecular formula is C17H25N3. The molecule has 0 amide bonds. The standard InChI is InChI=1S/C17H25N3/c1-12(2)16-15(11-20-9-6-13(3)7-10-20)14-5-4-8-18-17(14)19-16/h4-5,8,12-13H,6-7,9-11H2,1-3H3,(H,18,19). The third-order valence-electron chi connectivity index (χ3n) is 4.55. The quantitative estimate of drug-likeness (QED) is 0.917. The molecule has 0 radical (unpaired) electrons. The second-order valence-electron chi connectivity index (χ2n) is 6.53. The minimum absolute atomic E-state index is 0.517. The summed E-state index contributed by atoms with van der Waals surface area (Å²) in [4.78, 5) is 10.6. The van der Waals surface area contributed by atoms with Gasteiger partial charge >= 0.3 is 0 Å². The van der Waals surface area contributed by atoms with E-state index in [9.17, 15) is 0 Å². The summed E-state index contributed by atoms with van der Waals surface area (Å²) in [5.74, 6) is 1.41. The Bertz CT molecular complexity index is 577. The molecule has 20 heavy (non-hydrogen) atoms. The second-order valence-corrected chi connectivity index (χ2v) is 6.53. The van der Waals surface area contributed by atoms with Gasteiger partial charge < -0.3 is 4.98 Å². The predicted molar refractivity (Wildman–Crippen MR) is 83.9 cm³/mol. The number of fused-ring (bicyclic) bond motifs is 1. The van der Waals surface area contributed by atoms with Crippen LogP contribution in [0.15, 0.2) is 18.3 Å². The van der Waals surface area contributed by atoms with E-state index >= 15 is 0 Å². The smallest absolute Gasteiger partial charge is 0.137 e. The number of nitrogens with one attached hydrogen (secondary N) is 1. The molecule has 0 aliphatic carbocycles. The van der Waals surface area contributed by atoms with Gasteiger partial charge in [-0.25, -0.2) is 4.98 Å². The highest BCUT2D eigenvalue weighted by atomic mass is 15.1. The Morgan fingerprint density at radius 3 is 2.80 bits per heavy atom. The van der Waals surface area contributed by atoms with Gasteiger partial charge in [-0.05, 0) is 55.5 Å². The van der Waals surface area contributed by atoms with E-state index in [1.165, 1.54) is 42.6 Å². The summed E-state index contributed by atoms with van der Waals surface area (Å²) in [6.45, 7) is 10.4. The van der Waals surface area contributed by atoms with E-state index in [0.717, 1.165) is 18.1 Å². The van der Waals surface area contributed by atoms with Crippen LogP contribution in [0, 0.1) is 5.92 Å². The van der Waals surface area contributed by atoms with Crippen molar-refractivity contribution in [3.63, 3.8) is 0 Å². The highest BCUT2D eigenvalue weighted by Gasteiger charge is 2.20. The van der Waals surface area contributed by atoms with E-state index in [1.54, 1.807) is 0 Å². The molecule has 0 aromatic carbocycles. The van der Waals surface area contributed by atoms with Gasteiger partial charge in [-0.3, -0.25) is 4.90 Å². The second kappa shape index (κ2) is 5.57. The molecule has 0 saturated carbocycles. The summed E-state index contributed by atoms with van der Waals surface area (Å²) in [6.07, 6.45) is 4.53. The topological polar surface area (TPSA) is 31.9 Å². The van der Waals surface area contributed by atoms with Gasteiger partial charge in [0.25, 0.3) is 0 Å². The van der Waals surface area contributed by atoms with Crippen LogP contribution in [0.25, 0.3) is 11.0 Å². The molecule has 3 rings (SSSR count). The van der Waals surface area contributed by atoms with Gasteiger partial charge in [0.15, 0.2) is 0 Å². The minimum Gasteiger partial charge on any atom is -0.343 e. The number of aromatic nitrogens is 2. The average Bonchev–Trinajstić information content (AvgIpc) is 2.81. The van der Waals surface area contributed by atoms with Crippen LogP contribution in [0.3, 0.4) is 0 Å². The summed E-state index contributed by atoms with van der Waals surface area (Å²) in [5, 5.41) is 1.30. The van der Waals surface area contributed by atoms with Gasteiger partial charge in [-0.15, -0.1) is 0 Å². The summed E-state index contributed by atoms with van der Waals surface area (Å²) in [7, 11) is 0. The van der Waals surface area contributed by atoms with Crippen LogP contribution in [0.2, 0.25) is 0 Å². The monoisotopic (exact) mass is 271 g/mol. The summed E-state index contributed by atoms with van der Waals surface area (Å²) in [6, 6.07) is 4.24. The number of hydrogen-bond donors (Lipinski definition) is 1. The molecule has 1 N–H and O–H groups in total. The maximum Gasteiger partial charge on any atom is 0.137 e. The van der Waals surface area contributed by atoms with Gasteiger partial charge in [0, 0.05) is 23.8 Å². The number of pyridine rings is 1. The molecular weight excluding hydrogens is 246 g/mol. The van der Waals surface area contributed by atoms with Crippen molar-refractivity contribution < 1.29 is 0 Å². The van der Waals surface area contributed by atoms with E-state index in [4.69, 9.17) is 0 Å². The maximum atomic E-state index is 4.48. The molecule has 0 spiro atoms. The predicted octanol–water partition coefficient (Wildman–Crippen LogP) is 3.92. The largest absolute Gasteiger partial charge is 0.343 e. The van der Waals surface area contributed by atoms with E-state index in [-0.39, 0.29) is 0 Å². The number of hydrogen-bond acceptors (Lipinski definition) is 2. The summed E-state index contributed by atoms with van der Waals surface area (Å²) in [5.41, 5.74) is 3.85. The van der Waals surface area contributed by atoms with Gasteiger partial charge in [0.05, 0.1) is 0 Å². The molecule has 0 unspecified atom stereocenters. The molecule has 0 atom stereocenters. The number of rotatable bonds is 3.